The van der Waals surface area contributed by atoms with E-state index in [4.69, 9.17) is 5.11 Å². The summed E-state index contributed by atoms with van der Waals surface area (Å²) in [5.41, 5.74) is 1.48. The minimum Gasteiger partial charge on any atom is -0.392 e. The Hall–Kier alpha value is -1.49. The van der Waals surface area contributed by atoms with Crippen LogP contribution in [0.5, 0.6) is 0 Å². The number of tetrazole rings is 1. The molecule has 0 saturated carbocycles. The molecule has 0 aromatic carbocycles. The van der Waals surface area contributed by atoms with Gasteiger partial charge in [-0.25, -0.2) is 4.52 Å². The van der Waals surface area contributed by atoms with E-state index in [1.807, 2.05) is 0 Å². The third-order valence-electron chi connectivity index (χ3n) is 1.44. The Bertz CT molecular complexity index is 369. The zero-order chi connectivity index (χ0) is 7.68. The Morgan fingerprint density at radius 1 is 1.45 bits per heavy atom. The quantitative estimate of drug-likeness (QED) is 0.601. The number of rotatable bonds is 1. The fraction of sp³-hybridized carbons (Fsp3) is 0.167. The van der Waals surface area contributed by atoms with Gasteiger partial charge in [-0.05, 0) is 22.1 Å². The Labute approximate surface area is 62.3 Å². The predicted molar refractivity (Wildman–Crippen MR) is 36.7 cm³/mol. The molecule has 1 N–H and O–H groups in total. The summed E-state index contributed by atoms with van der Waals surface area (Å²) in [5, 5.41) is 19.6. The number of nitrogens with zero attached hydrogens (tertiary/aromatic N) is 4. The lowest BCUT2D eigenvalue weighted by atomic mass is 10.3. The average molecular weight is 150 g/mol. The fourth-order valence-electron chi connectivity index (χ4n) is 0.877. The van der Waals surface area contributed by atoms with Gasteiger partial charge in [-0.3, -0.25) is 0 Å². The number of aliphatic hydroxyl groups excluding tert-OH is 1. The summed E-state index contributed by atoms with van der Waals surface area (Å²) in [7, 11) is 0. The maximum atomic E-state index is 8.75. The smallest absolute Gasteiger partial charge is 0.179 e. The molecule has 2 rings (SSSR count). The Balaban J connectivity index is 2.67. The van der Waals surface area contributed by atoms with Gasteiger partial charge in [0.1, 0.15) is 0 Å². The van der Waals surface area contributed by atoms with Gasteiger partial charge in [0.2, 0.25) is 0 Å². The second kappa shape index (κ2) is 2.28. The van der Waals surface area contributed by atoms with Gasteiger partial charge in [-0.15, -0.1) is 5.10 Å². The van der Waals surface area contributed by atoms with Crippen LogP contribution >= 0.6 is 0 Å². The summed E-state index contributed by atoms with van der Waals surface area (Å²) in [5.74, 6) is 0. The van der Waals surface area contributed by atoms with Crippen LogP contribution in [0.25, 0.3) is 5.65 Å². The van der Waals surface area contributed by atoms with Crippen LogP contribution in [-0.4, -0.2) is 25.1 Å². The lowest BCUT2D eigenvalue weighted by Crippen LogP contribution is -1.91. The van der Waals surface area contributed by atoms with Gasteiger partial charge in [0.15, 0.2) is 5.65 Å². The first-order chi connectivity index (χ1) is 5.40. The van der Waals surface area contributed by atoms with Gasteiger partial charge >= 0.3 is 0 Å². The van der Waals surface area contributed by atoms with Crippen LogP contribution in [0.3, 0.4) is 0 Å². The van der Waals surface area contributed by atoms with Crippen molar-refractivity contribution in [1.29, 1.82) is 0 Å². The molecule has 0 spiro atoms. The van der Waals surface area contributed by atoms with Crippen LogP contribution in [0.2, 0.25) is 0 Å². The maximum Gasteiger partial charge on any atom is 0.179 e. The van der Waals surface area contributed by atoms with Crippen LogP contribution in [-0.2, 0) is 6.61 Å². The highest BCUT2D eigenvalue weighted by atomic mass is 16.3. The zero-order valence-electron chi connectivity index (χ0n) is 5.68. The van der Waals surface area contributed by atoms with E-state index in [0.29, 0.717) is 5.65 Å². The third kappa shape index (κ3) is 0.947. The first-order valence-electron chi connectivity index (χ1n) is 3.17. The number of fused-ring (bicyclic) bond motifs is 1. The highest BCUT2D eigenvalue weighted by molar-refractivity contribution is 5.35. The lowest BCUT2D eigenvalue weighted by molar-refractivity contribution is 0.281. The molecule has 5 heteroatoms. The second-order valence-electron chi connectivity index (χ2n) is 2.18. The van der Waals surface area contributed by atoms with Crippen molar-refractivity contribution in [3.63, 3.8) is 0 Å². The van der Waals surface area contributed by atoms with Crippen LogP contribution < -0.4 is 0 Å². The summed E-state index contributed by atoms with van der Waals surface area (Å²) < 4.78 is 1.52. The van der Waals surface area contributed by atoms with Gasteiger partial charge in [-0.2, -0.15) is 0 Å². The molecule has 56 valence electrons. The number of pyridine rings is 1. The van der Waals surface area contributed by atoms with Crippen molar-refractivity contribution in [2.75, 3.05) is 0 Å². The molecule has 2 aromatic heterocycles. The number of hydrogen-bond donors (Lipinski definition) is 1. The van der Waals surface area contributed by atoms with Gasteiger partial charge in [0.05, 0.1) is 6.61 Å². The molecule has 0 aliphatic heterocycles. The SMILES string of the molecule is OCc1ccc2nnnn2c1. The molecule has 0 radical (unpaired) electrons. The highest BCUT2D eigenvalue weighted by Crippen LogP contribution is 2.00. The molecule has 0 aliphatic rings. The Morgan fingerprint density at radius 3 is 3.18 bits per heavy atom. The first kappa shape index (κ1) is 6.23. The van der Waals surface area contributed by atoms with E-state index >= 15 is 0 Å². The van der Waals surface area contributed by atoms with E-state index in [2.05, 4.69) is 15.5 Å². The average Bonchev–Trinajstić information content (AvgIpc) is 2.50. The van der Waals surface area contributed by atoms with Crippen molar-refractivity contribution < 1.29 is 5.11 Å². The van der Waals surface area contributed by atoms with E-state index in [1.54, 1.807) is 18.3 Å². The molecule has 0 amide bonds. The van der Waals surface area contributed by atoms with E-state index < -0.39 is 0 Å². The summed E-state index contributed by atoms with van der Waals surface area (Å²) in [6, 6.07) is 3.54. The van der Waals surface area contributed by atoms with E-state index in [1.165, 1.54) is 4.52 Å². The van der Waals surface area contributed by atoms with E-state index in [9.17, 15) is 0 Å². The maximum absolute atomic E-state index is 8.75. The molecule has 5 nitrogen and oxygen atoms in total. The predicted octanol–water partition coefficient (Wildman–Crippen LogP) is -0.383. The first-order valence-corrected chi connectivity index (χ1v) is 3.17. The van der Waals surface area contributed by atoms with Crippen LogP contribution in [0.15, 0.2) is 18.3 Å². The van der Waals surface area contributed by atoms with Gasteiger partial charge < -0.3 is 5.11 Å². The number of hydrogen-bond acceptors (Lipinski definition) is 4. The van der Waals surface area contributed by atoms with Crippen molar-refractivity contribution in [3.8, 4) is 0 Å². The summed E-state index contributed by atoms with van der Waals surface area (Å²) >= 11 is 0. The monoisotopic (exact) mass is 150 g/mol. The Morgan fingerprint density at radius 2 is 2.36 bits per heavy atom. The third-order valence-corrected chi connectivity index (χ3v) is 1.44. The van der Waals surface area contributed by atoms with Crippen molar-refractivity contribution in [1.82, 2.24) is 20.0 Å². The molecule has 0 atom stereocenters. The number of aliphatic hydroxyl groups is 1. The molecule has 0 saturated heterocycles. The van der Waals surface area contributed by atoms with Crippen LogP contribution in [0.4, 0.5) is 0 Å². The summed E-state index contributed by atoms with van der Waals surface area (Å²) in [6.45, 7) is 0.00972. The minimum absolute atomic E-state index is 0.00972. The molecule has 11 heavy (non-hydrogen) atoms. The van der Waals surface area contributed by atoms with E-state index in [0.717, 1.165) is 5.56 Å². The van der Waals surface area contributed by atoms with Crippen molar-refractivity contribution in [2.45, 2.75) is 6.61 Å². The molecule has 0 aliphatic carbocycles. The van der Waals surface area contributed by atoms with Gasteiger partial charge in [0, 0.05) is 6.20 Å². The second-order valence-corrected chi connectivity index (χ2v) is 2.18. The van der Waals surface area contributed by atoms with Gasteiger partial charge in [-0.1, -0.05) is 6.07 Å². The highest BCUT2D eigenvalue weighted by Gasteiger charge is 1.95. The van der Waals surface area contributed by atoms with Crippen LogP contribution in [0, 0.1) is 0 Å². The molecular formula is C6H6N4O. The molecule has 0 unspecified atom stereocenters. The molecule has 0 bridgehead atoms. The topological polar surface area (TPSA) is 63.3 Å². The largest absolute Gasteiger partial charge is 0.392 e. The van der Waals surface area contributed by atoms with Crippen molar-refractivity contribution >= 4 is 5.65 Å². The Kier molecular flexibility index (Phi) is 1.29. The fourth-order valence-corrected chi connectivity index (χ4v) is 0.877. The van der Waals surface area contributed by atoms with Crippen molar-refractivity contribution in [3.05, 3.63) is 23.9 Å². The number of aromatic nitrogens is 4. The summed E-state index contributed by atoms with van der Waals surface area (Å²) in [6.07, 6.45) is 1.69. The molecule has 0 fully saturated rings. The molecular weight excluding hydrogens is 144 g/mol. The zero-order valence-corrected chi connectivity index (χ0v) is 5.68. The lowest BCUT2D eigenvalue weighted by Gasteiger charge is -1.93. The van der Waals surface area contributed by atoms with Gasteiger partial charge in [0.25, 0.3) is 0 Å². The molecule has 2 heterocycles. The standard InChI is InChI=1S/C6H6N4O/c11-4-5-1-2-6-7-8-9-10(6)3-5/h1-3,11H,4H2. The van der Waals surface area contributed by atoms with Crippen molar-refractivity contribution in [2.24, 2.45) is 0 Å². The van der Waals surface area contributed by atoms with Crippen LogP contribution in [0.1, 0.15) is 5.56 Å². The normalized spacial score (nSPS) is 10.6. The minimum atomic E-state index is 0.00972. The summed E-state index contributed by atoms with van der Waals surface area (Å²) in [4.78, 5) is 0. The molecule has 2 aromatic rings. The van der Waals surface area contributed by atoms with E-state index in [-0.39, 0.29) is 6.61 Å².